The summed E-state index contributed by atoms with van der Waals surface area (Å²) in [6.45, 7) is 14.6. The van der Waals surface area contributed by atoms with Crippen molar-refractivity contribution in [1.29, 1.82) is 0 Å². The maximum absolute atomic E-state index is 14.4. The van der Waals surface area contributed by atoms with E-state index in [1.54, 1.807) is 4.90 Å². The van der Waals surface area contributed by atoms with E-state index in [2.05, 4.69) is 33.9 Å². The van der Waals surface area contributed by atoms with E-state index in [1.165, 1.54) is 70.1 Å². The maximum Gasteiger partial charge on any atom is 0.508 e. The molecule has 4 atom stereocenters. The van der Waals surface area contributed by atoms with Gasteiger partial charge in [0.2, 0.25) is 11.8 Å². The van der Waals surface area contributed by atoms with Crippen LogP contribution in [-0.4, -0.2) is 143 Å². The average Bonchev–Trinajstić information content (AvgIpc) is 3.76. The molecule has 20 nitrogen and oxygen atoms in total. The molecule has 3 fully saturated rings. The number of likely N-dealkylation sites (tertiary alicyclic amines) is 1. The molecule has 0 unspecified atom stereocenters. The van der Waals surface area contributed by atoms with Crippen molar-refractivity contribution < 1.29 is 57.6 Å². The van der Waals surface area contributed by atoms with Gasteiger partial charge in [-0.25, -0.2) is 14.4 Å². The van der Waals surface area contributed by atoms with Gasteiger partial charge in [0.15, 0.2) is 8.32 Å². The molecule has 0 spiro atoms. The number of non-ortho nitro benzene ring substituents is 2. The van der Waals surface area contributed by atoms with Crippen molar-refractivity contribution in [3.05, 3.63) is 90.5 Å². The van der Waals surface area contributed by atoms with Crippen LogP contribution in [0.5, 0.6) is 0 Å². The van der Waals surface area contributed by atoms with Crippen LogP contribution in [0, 0.1) is 25.6 Å². The lowest BCUT2D eigenvalue weighted by Gasteiger charge is -2.44. The third-order valence-electron chi connectivity index (χ3n) is 13.1. The standard InChI is InChI=1S/C43H56N6O14SSi/c1-42(2,3)65(5,6)63-21-15-43(4)34-24-35(50)47(34)36(39(52)53)37(43)64-32-23-33(46(25-32)40(54)61-26-28-7-11-30(12-8-28)48(56)57)38(51)45-18-16-44(17-19-45)20-22-60-41(55)62-27-29-9-13-31(14-10-29)49(58)59/h7-14,32-34H,15-27H2,1-6H3,(H,52,53)/t32-,33-,34+,43+/m0/s1. The van der Waals surface area contributed by atoms with E-state index in [-0.39, 0.29) is 79.2 Å². The Morgan fingerprint density at radius 3 is 1.97 bits per heavy atom. The summed E-state index contributed by atoms with van der Waals surface area (Å²) in [6, 6.07) is 9.82. The van der Waals surface area contributed by atoms with E-state index >= 15 is 0 Å². The minimum atomic E-state index is -2.17. The monoisotopic (exact) mass is 940 g/mol. The fraction of sp³-hybridized carbons (Fsp3) is 0.558. The summed E-state index contributed by atoms with van der Waals surface area (Å²) < 4.78 is 22.6. The summed E-state index contributed by atoms with van der Waals surface area (Å²) in [7, 11) is -2.17. The molecule has 0 radical (unpaired) electrons. The van der Waals surface area contributed by atoms with Gasteiger partial charge in [-0.05, 0) is 66.4 Å². The Bertz CT molecular complexity index is 2190. The second-order valence-corrected chi connectivity index (χ2v) is 24.5. The second kappa shape index (κ2) is 19.9. The number of nitro benzene ring substituents is 2. The van der Waals surface area contributed by atoms with Crippen molar-refractivity contribution in [1.82, 2.24) is 19.6 Å². The Kier molecular flexibility index (Phi) is 14.9. The van der Waals surface area contributed by atoms with Crippen LogP contribution < -0.4 is 0 Å². The van der Waals surface area contributed by atoms with Crippen molar-refractivity contribution in [2.45, 2.75) is 95.6 Å². The Morgan fingerprint density at radius 2 is 1.45 bits per heavy atom. The van der Waals surface area contributed by atoms with Gasteiger partial charge in [-0.1, -0.05) is 27.7 Å². The molecule has 3 saturated heterocycles. The van der Waals surface area contributed by atoms with Gasteiger partial charge < -0.3 is 33.5 Å². The number of hydrogen-bond acceptors (Lipinski definition) is 15. The van der Waals surface area contributed by atoms with Gasteiger partial charge in [-0.2, -0.15) is 0 Å². The molecule has 0 aliphatic carbocycles. The minimum Gasteiger partial charge on any atom is -0.477 e. The number of carbonyl (C=O) groups is 5. The van der Waals surface area contributed by atoms with Crippen molar-refractivity contribution in [2.75, 3.05) is 52.5 Å². The molecule has 65 heavy (non-hydrogen) atoms. The number of thioether (sulfide) groups is 1. The van der Waals surface area contributed by atoms with Crippen LogP contribution in [0.3, 0.4) is 0 Å². The zero-order chi connectivity index (χ0) is 47.4. The number of carbonyl (C=O) groups excluding carboxylic acids is 4. The number of nitrogens with zero attached hydrogens (tertiary/aromatic N) is 6. The molecule has 1 N–H and O–H groups in total. The average molecular weight is 941 g/mol. The zero-order valence-electron chi connectivity index (χ0n) is 37.4. The highest BCUT2D eigenvalue weighted by atomic mass is 32.2. The van der Waals surface area contributed by atoms with Gasteiger partial charge in [0.1, 0.15) is 31.6 Å². The van der Waals surface area contributed by atoms with Crippen LogP contribution in [0.25, 0.3) is 0 Å². The van der Waals surface area contributed by atoms with E-state index in [0.29, 0.717) is 61.8 Å². The minimum absolute atomic E-state index is 0.0162. The van der Waals surface area contributed by atoms with Gasteiger partial charge in [-0.3, -0.25) is 39.6 Å². The predicted molar refractivity (Wildman–Crippen MR) is 238 cm³/mol. The molecule has 352 valence electrons. The lowest BCUT2D eigenvalue weighted by atomic mass is 9.76. The Balaban J connectivity index is 1.11. The van der Waals surface area contributed by atoms with Crippen molar-refractivity contribution in [3.63, 3.8) is 0 Å². The smallest absolute Gasteiger partial charge is 0.477 e. The summed E-state index contributed by atoms with van der Waals surface area (Å²) in [5, 5.41) is 32.1. The van der Waals surface area contributed by atoms with Gasteiger partial charge in [0.25, 0.3) is 11.4 Å². The van der Waals surface area contributed by atoms with Gasteiger partial charge in [-0.15, -0.1) is 11.8 Å². The summed E-state index contributed by atoms with van der Waals surface area (Å²) in [6.07, 6.45) is -0.841. The summed E-state index contributed by atoms with van der Waals surface area (Å²) in [5.74, 6) is -1.82. The van der Waals surface area contributed by atoms with Crippen molar-refractivity contribution >= 4 is 61.5 Å². The number of amides is 3. The molecular formula is C43H56N6O14SSi. The third kappa shape index (κ3) is 11.1. The molecule has 4 heterocycles. The Morgan fingerprint density at radius 1 is 0.877 bits per heavy atom. The first-order valence-electron chi connectivity index (χ1n) is 21.4. The zero-order valence-corrected chi connectivity index (χ0v) is 39.2. The molecule has 2 aromatic rings. The fourth-order valence-corrected chi connectivity index (χ4v) is 10.8. The lowest BCUT2D eigenvalue weighted by molar-refractivity contribution is -0.385. The number of ether oxygens (including phenoxy) is 3. The number of aliphatic carboxylic acids is 1. The number of β-lactam (4-membered cyclic amide) rings is 1. The SMILES string of the molecule is CC(C)(C)[Si](C)(C)OCC[C@@]1(C)C(S[C@H]2C[C@@H](C(=O)N3CCN(CCOC(=O)OCc4ccc([N+](=O)[O-])cc4)CC3)N(C(=O)OCc3ccc([N+](=O)[O-])cc3)C2)=C(C(=O)O)N2C(=O)C[C@@H]21. The van der Waals surface area contributed by atoms with Gasteiger partial charge in [0, 0.05) is 92.1 Å². The quantitative estimate of drug-likeness (QED) is 0.0615. The first kappa shape index (κ1) is 48.9. The predicted octanol–water partition coefficient (Wildman–Crippen LogP) is 6.14. The number of hydrogen-bond donors (Lipinski definition) is 1. The molecule has 22 heteroatoms. The molecule has 3 amide bonds. The first-order chi connectivity index (χ1) is 30.6. The number of nitro groups is 2. The molecular weight excluding hydrogens is 885 g/mol. The normalized spacial score (nSPS) is 22.3. The molecule has 4 aliphatic heterocycles. The molecule has 2 aromatic carbocycles. The van der Waals surface area contributed by atoms with Crippen LogP contribution in [0.4, 0.5) is 21.0 Å². The topological polar surface area (TPSA) is 242 Å². The summed E-state index contributed by atoms with van der Waals surface area (Å²) in [5.41, 5.74) is 0.0140. The number of rotatable bonds is 17. The summed E-state index contributed by atoms with van der Waals surface area (Å²) in [4.78, 5) is 94.3. The van der Waals surface area contributed by atoms with Crippen LogP contribution >= 0.6 is 11.8 Å². The van der Waals surface area contributed by atoms with Gasteiger partial charge in [0.05, 0.1) is 15.9 Å². The molecule has 0 saturated carbocycles. The van der Waals surface area contributed by atoms with E-state index in [1.807, 2.05) is 11.8 Å². The number of benzene rings is 2. The van der Waals surface area contributed by atoms with E-state index < -0.39 is 53.1 Å². The highest BCUT2D eigenvalue weighted by molar-refractivity contribution is 8.03. The van der Waals surface area contributed by atoms with Crippen molar-refractivity contribution in [3.8, 4) is 0 Å². The third-order valence-corrected chi connectivity index (χ3v) is 19.3. The molecule has 0 bridgehead atoms. The van der Waals surface area contributed by atoms with Crippen LogP contribution in [0.1, 0.15) is 58.1 Å². The molecule has 6 rings (SSSR count). The highest BCUT2D eigenvalue weighted by Crippen LogP contribution is 2.58. The Labute approximate surface area is 381 Å². The van der Waals surface area contributed by atoms with Crippen LogP contribution in [0.15, 0.2) is 59.1 Å². The van der Waals surface area contributed by atoms with E-state index in [9.17, 15) is 49.3 Å². The molecule has 4 aliphatic rings. The largest absolute Gasteiger partial charge is 0.508 e. The number of fused-ring (bicyclic) bond motifs is 1. The van der Waals surface area contributed by atoms with Crippen molar-refractivity contribution in [2.24, 2.45) is 5.41 Å². The fourth-order valence-electron chi connectivity index (χ4n) is 8.13. The van der Waals surface area contributed by atoms with E-state index in [4.69, 9.17) is 18.6 Å². The van der Waals surface area contributed by atoms with Gasteiger partial charge >= 0.3 is 18.2 Å². The highest BCUT2D eigenvalue weighted by Gasteiger charge is 2.60. The van der Waals surface area contributed by atoms with Crippen LogP contribution in [0.2, 0.25) is 18.1 Å². The van der Waals surface area contributed by atoms with Crippen LogP contribution in [-0.2, 0) is 46.2 Å². The second-order valence-electron chi connectivity index (χ2n) is 18.3. The number of piperazine rings is 1. The lowest BCUT2D eigenvalue weighted by Crippen LogP contribution is -2.55. The first-order valence-corrected chi connectivity index (χ1v) is 25.2. The Hall–Kier alpha value is -5.58. The number of carboxylic acids is 1. The van der Waals surface area contributed by atoms with E-state index in [0.717, 1.165) is 0 Å². The number of carboxylic acid groups (broad SMARTS) is 1. The summed E-state index contributed by atoms with van der Waals surface area (Å²) >= 11 is 1.29. The molecule has 0 aromatic heterocycles. The maximum atomic E-state index is 14.4.